The molecule has 1 unspecified atom stereocenters. The van der Waals surface area contributed by atoms with Crippen molar-refractivity contribution in [3.05, 3.63) is 0 Å². The van der Waals surface area contributed by atoms with E-state index in [1.807, 2.05) is 13.8 Å². The summed E-state index contributed by atoms with van der Waals surface area (Å²) in [4.78, 5) is 12.9. The van der Waals surface area contributed by atoms with Crippen LogP contribution in [-0.4, -0.2) is 48.7 Å². The fraction of sp³-hybridized carbons (Fsp3) is 0.909. The monoisotopic (exact) mass is 214 g/mol. The van der Waals surface area contributed by atoms with Gasteiger partial charge in [-0.05, 0) is 25.4 Å². The number of likely N-dealkylation sites (N-methyl/N-ethyl adjacent to an activating group) is 1. The summed E-state index contributed by atoms with van der Waals surface area (Å²) in [6.07, 6.45) is 1.39. The molecule has 0 amide bonds. The third kappa shape index (κ3) is 4.62. The van der Waals surface area contributed by atoms with Crippen LogP contribution < -0.4 is 5.32 Å². The van der Waals surface area contributed by atoms with Gasteiger partial charge in [0.2, 0.25) is 0 Å². The van der Waals surface area contributed by atoms with Crippen LogP contribution in [0.1, 0.15) is 26.7 Å². The fourth-order valence-electron chi connectivity index (χ4n) is 1.99. The van der Waals surface area contributed by atoms with Gasteiger partial charge in [-0.3, -0.25) is 4.79 Å². The summed E-state index contributed by atoms with van der Waals surface area (Å²) in [5.74, 6) is -0.717. The van der Waals surface area contributed by atoms with E-state index in [4.69, 9.17) is 5.11 Å². The smallest absolute Gasteiger partial charge is 0.303 e. The Morgan fingerprint density at radius 1 is 1.60 bits per heavy atom. The zero-order chi connectivity index (χ0) is 11.5. The summed E-state index contributed by atoms with van der Waals surface area (Å²) >= 11 is 0. The number of carboxylic acids is 1. The van der Waals surface area contributed by atoms with Gasteiger partial charge in [0.1, 0.15) is 0 Å². The first kappa shape index (κ1) is 12.5. The van der Waals surface area contributed by atoms with Crippen molar-refractivity contribution in [3.8, 4) is 0 Å². The van der Waals surface area contributed by atoms with Crippen molar-refractivity contribution in [1.29, 1.82) is 0 Å². The van der Waals surface area contributed by atoms with Crippen molar-refractivity contribution < 1.29 is 9.90 Å². The van der Waals surface area contributed by atoms with E-state index in [1.54, 1.807) is 0 Å². The van der Waals surface area contributed by atoms with Gasteiger partial charge in [0.25, 0.3) is 0 Å². The number of carbonyl (C=O) groups is 1. The van der Waals surface area contributed by atoms with E-state index in [0.29, 0.717) is 6.04 Å². The third-order valence-electron chi connectivity index (χ3n) is 2.89. The summed E-state index contributed by atoms with van der Waals surface area (Å²) in [6.45, 7) is 6.97. The lowest BCUT2D eigenvalue weighted by Crippen LogP contribution is -2.39. The minimum Gasteiger partial charge on any atom is -0.481 e. The Balaban J connectivity index is 2.26. The summed E-state index contributed by atoms with van der Waals surface area (Å²) in [6, 6.07) is 0.531. The first-order valence-corrected chi connectivity index (χ1v) is 5.53. The lowest BCUT2D eigenvalue weighted by Gasteiger charge is -2.25. The molecule has 0 aromatic heterocycles. The number of nitrogens with one attached hydrogen (secondary N) is 1. The minimum absolute atomic E-state index is 0.160. The molecule has 1 saturated heterocycles. The van der Waals surface area contributed by atoms with E-state index >= 15 is 0 Å². The zero-order valence-electron chi connectivity index (χ0n) is 9.92. The van der Waals surface area contributed by atoms with E-state index in [0.717, 1.165) is 19.6 Å². The maximum Gasteiger partial charge on any atom is 0.303 e. The normalized spacial score (nSPS) is 23.3. The molecule has 1 rings (SSSR count). The van der Waals surface area contributed by atoms with Gasteiger partial charge < -0.3 is 15.3 Å². The average molecular weight is 214 g/mol. The van der Waals surface area contributed by atoms with Gasteiger partial charge in [-0.2, -0.15) is 0 Å². The number of hydrogen-bond acceptors (Lipinski definition) is 3. The molecule has 1 fully saturated rings. The highest BCUT2D eigenvalue weighted by Crippen LogP contribution is 2.19. The molecule has 88 valence electrons. The molecule has 0 bridgehead atoms. The average Bonchev–Trinajstić information content (AvgIpc) is 2.46. The molecular formula is C11H22N2O2. The van der Waals surface area contributed by atoms with E-state index in [-0.39, 0.29) is 11.8 Å². The quantitative estimate of drug-likeness (QED) is 0.710. The van der Waals surface area contributed by atoms with Crippen LogP contribution in [0.25, 0.3) is 0 Å². The molecule has 1 heterocycles. The summed E-state index contributed by atoms with van der Waals surface area (Å²) in [5.41, 5.74) is -0.160. The van der Waals surface area contributed by atoms with Gasteiger partial charge in [0, 0.05) is 19.1 Å². The van der Waals surface area contributed by atoms with Gasteiger partial charge in [0.15, 0.2) is 0 Å². The maximum absolute atomic E-state index is 10.6. The van der Waals surface area contributed by atoms with Crippen LogP contribution in [0, 0.1) is 5.41 Å². The van der Waals surface area contributed by atoms with Crippen LogP contribution in [0.5, 0.6) is 0 Å². The Kier molecular flexibility index (Phi) is 4.11. The number of carboxylic acid groups (broad SMARTS) is 1. The van der Waals surface area contributed by atoms with Crippen molar-refractivity contribution in [3.63, 3.8) is 0 Å². The van der Waals surface area contributed by atoms with Crippen LogP contribution in [0.15, 0.2) is 0 Å². The number of nitrogens with zero attached hydrogens (tertiary/aromatic N) is 1. The third-order valence-corrected chi connectivity index (χ3v) is 2.89. The molecule has 0 radical (unpaired) electrons. The summed E-state index contributed by atoms with van der Waals surface area (Å²) < 4.78 is 0. The van der Waals surface area contributed by atoms with E-state index in [1.165, 1.54) is 6.42 Å². The van der Waals surface area contributed by atoms with Crippen molar-refractivity contribution in [2.24, 2.45) is 5.41 Å². The molecule has 0 aromatic carbocycles. The first-order valence-electron chi connectivity index (χ1n) is 5.53. The van der Waals surface area contributed by atoms with Crippen LogP contribution >= 0.6 is 0 Å². The van der Waals surface area contributed by atoms with E-state index < -0.39 is 5.97 Å². The minimum atomic E-state index is -0.717. The van der Waals surface area contributed by atoms with Crippen LogP contribution in [0.4, 0.5) is 0 Å². The van der Waals surface area contributed by atoms with Crippen LogP contribution in [-0.2, 0) is 4.79 Å². The summed E-state index contributed by atoms with van der Waals surface area (Å²) in [7, 11) is 2.12. The highest BCUT2D eigenvalue weighted by Gasteiger charge is 2.25. The Hall–Kier alpha value is -0.610. The second-order valence-electron chi connectivity index (χ2n) is 5.36. The van der Waals surface area contributed by atoms with Gasteiger partial charge >= 0.3 is 5.97 Å². The van der Waals surface area contributed by atoms with Gasteiger partial charge in [-0.15, -0.1) is 0 Å². The van der Waals surface area contributed by atoms with Crippen molar-refractivity contribution in [2.75, 3.05) is 26.7 Å². The number of aliphatic carboxylic acids is 1. The van der Waals surface area contributed by atoms with E-state index in [9.17, 15) is 4.79 Å². The molecule has 4 heteroatoms. The second-order valence-corrected chi connectivity index (χ2v) is 5.36. The Bertz CT molecular complexity index is 229. The SMILES string of the molecule is CN1CCC(NCC(C)(C)CC(=O)O)C1. The molecule has 2 N–H and O–H groups in total. The van der Waals surface area contributed by atoms with Gasteiger partial charge in [-0.25, -0.2) is 0 Å². The van der Waals surface area contributed by atoms with Crippen molar-refractivity contribution in [1.82, 2.24) is 10.2 Å². The number of rotatable bonds is 5. The molecule has 4 nitrogen and oxygen atoms in total. The molecule has 0 aliphatic carbocycles. The maximum atomic E-state index is 10.6. The second kappa shape index (κ2) is 4.94. The zero-order valence-corrected chi connectivity index (χ0v) is 9.92. The van der Waals surface area contributed by atoms with Gasteiger partial charge in [0.05, 0.1) is 6.42 Å². The first-order chi connectivity index (χ1) is 6.89. The van der Waals surface area contributed by atoms with Crippen molar-refractivity contribution in [2.45, 2.75) is 32.7 Å². The Morgan fingerprint density at radius 2 is 2.27 bits per heavy atom. The molecule has 15 heavy (non-hydrogen) atoms. The molecule has 0 aromatic rings. The largest absolute Gasteiger partial charge is 0.481 e. The number of hydrogen-bond donors (Lipinski definition) is 2. The Morgan fingerprint density at radius 3 is 2.73 bits per heavy atom. The predicted molar refractivity (Wildman–Crippen MR) is 59.9 cm³/mol. The standard InChI is InChI=1S/C11H22N2O2/c1-11(2,6-10(14)15)8-12-9-4-5-13(3)7-9/h9,12H,4-8H2,1-3H3,(H,14,15). The number of likely N-dealkylation sites (tertiary alicyclic amines) is 1. The lowest BCUT2D eigenvalue weighted by atomic mass is 9.89. The van der Waals surface area contributed by atoms with E-state index in [2.05, 4.69) is 17.3 Å². The molecule has 1 aliphatic rings. The highest BCUT2D eigenvalue weighted by atomic mass is 16.4. The fourth-order valence-corrected chi connectivity index (χ4v) is 1.99. The summed E-state index contributed by atoms with van der Waals surface area (Å²) in [5, 5.41) is 12.2. The molecule has 1 aliphatic heterocycles. The molecule has 0 spiro atoms. The highest BCUT2D eigenvalue weighted by molar-refractivity contribution is 5.67. The topological polar surface area (TPSA) is 52.6 Å². The van der Waals surface area contributed by atoms with Gasteiger partial charge in [-0.1, -0.05) is 13.8 Å². The molecular weight excluding hydrogens is 192 g/mol. The lowest BCUT2D eigenvalue weighted by molar-refractivity contribution is -0.139. The molecule has 1 atom stereocenters. The van der Waals surface area contributed by atoms with Crippen molar-refractivity contribution >= 4 is 5.97 Å². The predicted octanol–water partition coefficient (Wildman–Crippen LogP) is 0.781. The molecule has 0 saturated carbocycles. The van der Waals surface area contributed by atoms with Crippen LogP contribution in [0.2, 0.25) is 0 Å². The van der Waals surface area contributed by atoms with Crippen LogP contribution in [0.3, 0.4) is 0 Å². The Labute approximate surface area is 91.6 Å².